The van der Waals surface area contributed by atoms with Crippen LogP contribution in [0.2, 0.25) is 0 Å². The molecule has 3 rings (SSSR count). The van der Waals surface area contributed by atoms with Gasteiger partial charge in [-0.25, -0.2) is 4.79 Å². The number of ether oxygens (including phenoxy) is 3. The lowest BCUT2D eigenvalue weighted by Gasteiger charge is -2.38. The Morgan fingerprint density at radius 1 is 1.19 bits per heavy atom. The fourth-order valence-electron chi connectivity index (χ4n) is 2.82. The normalized spacial score (nSPS) is 20.5. The zero-order valence-electron chi connectivity index (χ0n) is 12.1. The van der Waals surface area contributed by atoms with Crippen LogP contribution in [0, 0.1) is 0 Å². The van der Waals surface area contributed by atoms with Gasteiger partial charge in [0.25, 0.3) is 0 Å². The zero-order chi connectivity index (χ0) is 14.7. The van der Waals surface area contributed by atoms with Gasteiger partial charge in [-0.05, 0) is 24.3 Å². The van der Waals surface area contributed by atoms with Crippen LogP contribution >= 0.6 is 0 Å². The number of nitrogens with one attached hydrogen (secondary N) is 1. The summed E-state index contributed by atoms with van der Waals surface area (Å²) in [5, 5.41) is 2.64. The molecule has 0 atom stereocenters. The summed E-state index contributed by atoms with van der Waals surface area (Å²) in [5.41, 5.74) is 1.86. The van der Waals surface area contributed by atoms with Gasteiger partial charge < -0.3 is 19.1 Å². The Morgan fingerprint density at radius 2 is 1.81 bits per heavy atom. The van der Waals surface area contributed by atoms with Crippen LogP contribution < -0.4 is 10.2 Å². The average Bonchev–Trinajstić information content (AvgIpc) is 2.97. The molecular formula is C15H20N2O4. The molecule has 6 heteroatoms. The van der Waals surface area contributed by atoms with Crippen LogP contribution in [0.1, 0.15) is 12.8 Å². The number of amides is 1. The molecule has 1 aromatic carbocycles. The lowest BCUT2D eigenvalue weighted by atomic mass is 10.0. The van der Waals surface area contributed by atoms with Crippen molar-refractivity contribution in [2.24, 2.45) is 0 Å². The second kappa shape index (κ2) is 5.91. The quantitative estimate of drug-likeness (QED) is 0.905. The summed E-state index contributed by atoms with van der Waals surface area (Å²) in [4.78, 5) is 13.4. The molecule has 6 nitrogen and oxygen atoms in total. The number of methoxy groups -OCH3 is 1. The summed E-state index contributed by atoms with van der Waals surface area (Å²) in [7, 11) is 1.35. The zero-order valence-corrected chi connectivity index (χ0v) is 12.1. The first-order chi connectivity index (χ1) is 10.2. The highest BCUT2D eigenvalue weighted by molar-refractivity contribution is 5.84. The van der Waals surface area contributed by atoms with E-state index < -0.39 is 6.09 Å². The minimum Gasteiger partial charge on any atom is -0.453 e. The molecule has 1 spiro atoms. The summed E-state index contributed by atoms with van der Waals surface area (Å²) in [6.45, 7) is 3.22. The van der Waals surface area contributed by atoms with Gasteiger partial charge in [0.2, 0.25) is 0 Å². The van der Waals surface area contributed by atoms with E-state index in [-0.39, 0.29) is 5.79 Å². The number of nitrogens with zero attached hydrogens (tertiary/aromatic N) is 1. The van der Waals surface area contributed by atoms with Crippen molar-refractivity contribution < 1.29 is 19.0 Å². The van der Waals surface area contributed by atoms with Crippen molar-refractivity contribution >= 4 is 17.5 Å². The summed E-state index contributed by atoms with van der Waals surface area (Å²) >= 11 is 0. The van der Waals surface area contributed by atoms with Crippen molar-refractivity contribution in [3.63, 3.8) is 0 Å². The minimum atomic E-state index is -0.460. The summed E-state index contributed by atoms with van der Waals surface area (Å²) in [6, 6.07) is 7.75. The predicted octanol–water partition coefficient (Wildman–Crippen LogP) is 2.21. The number of benzene rings is 1. The molecule has 2 aliphatic heterocycles. The molecule has 0 bridgehead atoms. The van der Waals surface area contributed by atoms with Gasteiger partial charge in [-0.1, -0.05) is 0 Å². The molecule has 2 aliphatic rings. The summed E-state index contributed by atoms with van der Waals surface area (Å²) in [5.74, 6) is -0.344. The van der Waals surface area contributed by atoms with Gasteiger partial charge in [-0.3, -0.25) is 5.32 Å². The van der Waals surface area contributed by atoms with Crippen LogP contribution in [-0.4, -0.2) is 45.3 Å². The molecule has 1 N–H and O–H groups in total. The third kappa shape index (κ3) is 3.11. The van der Waals surface area contributed by atoms with Crippen molar-refractivity contribution in [3.05, 3.63) is 24.3 Å². The Labute approximate surface area is 124 Å². The predicted molar refractivity (Wildman–Crippen MR) is 78.6 cm³/mol. The first-order valence-electron chi connectivity index (χ1n) is 7.19. The minimum absolute atomic E-state index is 0.344. The smallest absolute Gasteiger partial charge is 0.411 e. The topological polar surface area (TPSA) is 60.0 Å². The second-order valence-electron chi connectivity index (χ2n) is 5.26. The van der Waals surface area contributed by atoms with Crippen molar-refractivity contribution in [3.8, 4) is 0 Å². The van der Waals surface area contributed by atoms with Crippen LogP contribution in [0.3, 0.4) is 0 Å². The number of piperidine rings is 1. The molecule has 114 valence electrons. The molecule has 2 saturated heterocycles. The van der Waals surface area contributed by atoms with Crippen molar-refractivity contribution in [1.82, 2.24) is 0 Å². The van der Waals surface area contributed by atoms with E-state index in [2.05, 4.69) is 15.0 Å². The molecule has 0 saturated carbocycles. The van der Waals surface area contributed by atoms with E-state index >= 15 is 0 Å². The highest BCUT2D eigenvalue weighted by Gasteiger charge is 2.39. The van der Waals surface area contributed by atoms with Gasteiger partial charge in [-0.2, -0.15) is 0 Å². The number of rotatable bonds is 2. The van der Waals surface area contributed by atoms with E-state index in [0.717, 1.165) is 37.3 Å². The standard InChI is InChI=1S/C15H20N2O4/c1-19-14(18)16-12-2-4-13(5-3-12)17-8-6-15(7-9-17)20-10-11-21-15/h2-5H,6-11H2,1H3,(H,16,18). The first kappa shape index (κ1) is 14.2. The molecule has 21 heavy (non-hydrogen) atoms. The Balaban J connectivity index is 1.59. The highest BCUT2D eigenvalue weighted by atomic mass is 16.7. The lowest BCUT2D eigenvalue weighted by molar-refractivity contribution is -0.169. The Hall–Kier alpha value is -1.79. The lowest BCUT2D eigenvalue weighted by Crippen LogP contribution is -2.45. The number of carbonyl (C=O) groups excluding carboxylic acids is 1. The van der Waals surface area contributed by atoms with E-state index in [9.17, 15) is 4.79 Å². The van der Waals surface area contributed by atoms with Crippen LogP contribution in [0.4, 0.5) is 16.2 Å². The molecule has 0 aromatic heterocycles. The van der Waals surface area contributed by atoms with E-state index in [4.69, 9.17) is 9.47 Å². The number of carbonyl (C=O) groups is 1. The fourth-order valence-corrected chi connectivity index (χ4v) is 2.82. The van der Waals surface area contributed by atoms with Crippen LogP contribution in [-0.2, 0) is 14.2 Å². The number of anilines is 2. The molecule has 1 amide bonds. The molecule has 0 radical (unpaired) electrons. The molecule has 2 heterocycles. The maximum absolute atomic E-state index is 11.1. The Morgan fingerprint density at radius 3 is 2.38 bits per heavy atom. The maximum atomic E-state index is 11.1. The van der Waals surface area contributed by atoms with E-state index in [0.29, 0.717) is 13.2 Å². The molecular weight excluding hydrogens is 272 g/mol. The third-order valence-corrected chi connectivity index (χ3v) is 4.00. The molecule has 1 aromatic rings. The summed E-state index contributed by atoms with van der Waals surface area (Å²) < 4.78 is 16.0. The van der Waals surface area contributed by atoms with Gasteiger partial charge in [0.1, 0.15) is 0 Å². The van der Waals surface area contributed by atoms with E-state index in [1.807, 2.05) is 24.3 Å². The van der Waals surface area contributed by atoms with Gasteiger partial charge in [0, 0.05) is 37.3 Å². The Kier molecular flexibility index (Phi) is 3.98. The van der Waals surface area contributed by atoms with Crippen LogP contribution in [0.5, 0.6) is 0 Å². The summed E-state index contributed by atoms with van der Waals surface area (Å²) in [6.07, 6.45) is 1.31. The molecule has 0 unspecified atom stereocenters. The number of hydrogen-bond acceptors (Lipinski definition) is 5. The van der Waals surface area contributed by atoms with Crippen molar-refractivity contribution in [2.75, 3.05) is 43.6 Å². The fraction of sp³-hybridized carbons (Fsp3) is 0.533. The second-order valence-corrected chi connectivity index (χ2v) is 5.26. The van der Waals surface area contributed by atoms with E-state index in [1.54, 1.807) is 0 Å². The van der Waals surface area contributed by atoms with Gasteiger partial charge in [0.15, 0.2) is 5.79 Å². The van der Waals surface area contributed by atoms with E-state index in [1.165, 1.54) is 7.11 Å². The van der Waals surface area contributed by atoms with Gasteiger partial charge in [0.05, 0.1) is 20.3 Å². The Bertz CT molecular complexity index is 487. The van der Waals surface area contributed by atoms with Crippen LogP contribution in [0.15, 0.2) is 24.3 Å². The van der Waals surface area contributed by atoms with Crippen molar-refractivity contribution in [1.29, 1.82) is 0 Å². The SMILES string of the molecule is COC(=O)Nc1ccc(N2CCC3(CC2)OCCO3)cc1. The molecule has 0 aliphatic carbocycles. The van der Waals surface area contributed by atoms with Gasteiger partial charge >= 0.3 is 6.09 Å². The number of hydrogen-bond donors (Lipinski definition) is 1. The molecule has 2 fully saturated rings. The average molecular weight is 292 g/mol. The van der Waals surface area contributed by atoms with Crippen LogP contribution in [0.25, 0.3) is 0 Å². The monoisotopic (exact) mass is 292 g/mol. The first-order valence-corrected chi connectivity index (χ1v) is 7.19. The maximum Gasteiger partial charge on any atom is 0.411 e. The van der Waals surface area contributed by atoms with Gasteiger partial charge in [-0.15, -0.1) is 0 Å². The highest BCUT2D eigenvalue weighted by Crippen LogP contribution is 2.33. The third-order valence-electron chi connectivity index (χ3n) is 4.00. The largest absolute Gasteiger partial charge is 0.453 e. The van der Waals surface area contributed by atoms with Crippen molar-refractivity contribution in [2.45, 2.75) is 18.6 Å².